The van der Waals surface area contributed by atoms with Crippen LogP contribution in [0.4, 0.5) is 11.4 Å². The molecule has 1 heterocycles. The standard InChI is InChI=1S/C15H15ClN4O/c1-9(2)20-8-11(18)5-14(20)15(21)19-12-4-3-10(7-17)13(16)6-12/h3-6,8-9H,18H2,1-2H3,(H,19,21). The predicted octanol–water partition coefficient (Wildman–Crippen LogP) is 3.43. The van der Waals surface area contributed by atoms with Crippen LogP contribution in [0.5, 0.6) is 0 Å². The first-order valence-corrected chi connectivity index (χ1v) is 6.78. The van der Waals surface area contributed by atoms with Crippen LogP contribution in [0.2, 0.25) is 5.02 Å². The van der Waals surface area contributed by atoms with E-state index in [4.69, 9.17) is 22.6 Å². The summed E-state index contributed by atoms with van der Waals surface area (Å²) in [5.74, 6) is -0.277. The summed E-state index contributed by atoms with van der Waals surface area (Å²) in [4.78, 5) is 12.3. The molecule has 3 N–H and O–H groups in total. The molecule has 1 aromatic heterocycles. The largest absolute Gasteiger partial charge is 0.397 e. The van der Waals surface area contributed by atoms with E-state index in [0.29, 0.717) is 27.7 Å². The fourth-order valence-electron chi connectivity index (χ4n) is 1.99. The van der Waals surface area contributed by atoms with Crippen LogP contribution in [-0.4, -0.2) is 10.5 Å². The van der Waals surface area contributed by atoms with Gasteiger partial charge in [0.25, 0.3) is 5.91 Å². The molecular formula is C15H15ClN4O. The molecule has 0 saturated heterocycles. The van der Waals surface area contributed by atoms with Crippen LogP contribution in [0.15, 0.2) is 30.5 Å². The number of amides is 1. The molecule has 0 unspecified atom stereocenters. The van der Waals surface area contributed by atoms with Gasteiger partial charge in [0.05, 0.1) is 16.3 Å². The zero-order valence-corrected chi connectivity index (χ0v) is 12.5. The summed E-state index contributed by atoms with van der Waals surface area (Å²) in [6.45, 7) is 3.93. The first-order chi connectivity index (χ1) is 9.92. The van der Waals surface area contributed by atoms with Crippen molar-refractivity contribution in [2.45, 2.75) is 19.9 Å². The molecule has 0 aliphatic heterocycles. The van der Waals surface area contributed by atoms with E-state index in [1.54, 1.807) is 35.0 Å². The van der Waals surface area contributed by atoms with Crippen molar-refractivity contribution in [1.29, 1.82) is 5.26 Å². The number of nitrogens with two attached hydrogens (primary N) is 1. The van der Waals surface area contributed by atoms with E-state index >= 15 is 0 Å². The van der Waals surface area contributed by atoms with Gasteiger partial charge in [-0.2, -0.15) is 5.26 Å². The lowest BCUT2D eigenvalue weighted by molar-refractivity contribution is 0.101. The highest BCUT2D eigenvalue weighted by molar-refractivity contribution is 6.32. The average molecular weight is 303 g/mol. The zero-order valence-electron chi connectivity index (χ0n) is 11.7. The van der Waals surface area contributed by atoms with Gasteiger partial charge in [-0.15, -0.1) is 0 Å². The maximum absolute atomic E-state index is 12.3. The number of carbonyl (C=O) groups excluding carboxylic acids is 1. The Morgan fingerprint density at radius 1 is 1.43 bits per heavy atom. The number of hydrogen-bond acceptors (Lipinski definition) is 3. The first-order valence-electron chi connectivity index (χ1n) is 6.40. The fraction of sp³-hybridized carbons (Fsp3) is 0.200. The number of halogens is 1. The molecule has 108 valence electrons. The molecule has 0 aliphatic rings. The second-order valence-electron chi connectivity index (χ2n) is 4.92. The number of nitriles is 1. The van der Waals surface area contributed by atoms with E-state index in [2.05, 4.69) is 5.32 Å². The molecule has 0 spiro atoms. The minimum Gasteiger partial charge on any atom is -0.397 e. The summed E-state index contributed by atoms with van der Waals surface area (Å²) in [7, 11) is 0. The second-order valence-corrected chi connectivity index (χ2v) is 5.33. The molecule has 6 heteroatoms. The SMILES string of the molecule is CC(C)n1cc(N)cc1C(=O)Nc1ccc(C#N)c(Cl)c1. The highest BCUT2D eigenvalue weighted by atomic mass is 35.5. The minimum absolute atomic E-state index is 0.118. The van der Waals surface area contributed by atoms with Crippen molar-refractivity contribution in [2.75, 3.05) is 11.1 Å². The van der Waals surface area contributed by atoms with Crippen LogP contribution in [-0.2, 0) is 0 Å². The molecule has 21 heavy (non-hydrogen) atoms. The molecule has 0 saturated carbocycles. The Balaban J connectivity index is 2.26. The lowest BCUT2D eigenvalue weighted by Gasteiger charge is -2.12. The monoisotopic (exact) mass is 302 g/mol. The number of nitrogens with zero attached hydrogens (tertiary/aromatic N) is 2. The molecule has 0 aliphatic carbocycles. The minimum atomic E-state index is -0.277. The molecule has 0 fully saturated rings. The summed E-state index contributed by atoms with van der Waals surface area (Å²) < 4.78 is 1.80. The van der Waals surface area contributed by atoms with Gasteiger partial charge >= 0.3 is 0 Å². The van der Waals surface area contributed by atoms with Crippen molar-refractivity contribution < 1.29 is 4.79 Å². The van der Waals surface area contributed by atoms with E-state index in [1.165, 1.54) is 0 Å². The van der Waals surface area contributed by atoms with Crippen LogP contribution in [0.3, 0.4) is 0 Å². The lowest BCUT2D eigenvalue weighted by Crippen LogP contribution is -2.17. The number of rotatable bonds is 3. The number of aromatic nitrogens is 1. The number of hydrogen-bond donors (Lipinski definition) is 2. The predicted molar refractivity (Wildman–Crippen MR) is 83.3 cm³/mol. The van der Waals surface area contributed by atoms with Gasteiger partial charge in [-0.25, -0.2) is 0 Å². The van der Waals surface area contributed by atoms with Crippen molar-refractivity contribution in [3.8, 4) is 6.07 Å². The average Bonchev–Trinajstić information content (AvgIpc) is 2.81. The summed E-state index contributed by atoms with van der Waals surface area (Å²) in [5, 5.41) is 11.9. The topological polar surface area (TPSA) is 83.8 Å². The third kappa shape index (κ3) is 3.18. The second kappa shape index (κ2) is 5.90. The van der Waals surface area contributed by atoms with Gasteiger partial charge in [0, 0.05) is 17.9 Å². The summed E-state index contributed by atoms with van der Waals surface area (Å²) in [6, 6.07) is 8.46. The Labute approximate surface area is 127 Å². The van der Waals surface area contributed by atoms with E-state index in [0.717, 1.165) is 0 Å². The molecule has 5 nitrogen and oxygen atoms in total. The van der Waals surface area contributed by atoms with Crippen LogP contribution < -0.4 is 11.1 Å². The smallest absolute Gasteiger partial charge is 0.272 e. The van der Waals surface area contributed by atoms with Crippen molar-refractivity contribution in [3.63, 3.8) is 0 Å². The molecule has 2 rings (SSSR count). The first kappa shape index (κ1) is 14.9. The fourth-order valence-corrected chi connectivity index (χ4v) is 2.21. The van der Waals surface area contributed by atoms with E-state index < -0.39 is 0 Å². The molecule has 0 atom stereocenters. The quantitative estimate of drug-likeness (QED) is 0.911. The number of benzene rings is 1. The third-order valence-electron chi connectivity index (χ3n) is 3.01. The van der Waals surface area contributed by atoms with Crippen molar-refractivity contribution in [3.05, 3.63) is 46.7 Å². The number of nitrogens with one attached hydrogen (secondary N) is 1. The highest BCUT2D eigenvalue weighted by Crippen LogP contribution is 2.22. The third-order valence-corrected chi connectivity index (χ3v) is 3.32. The lowest BCUT2D eigenvalue weighted by atomic mass is 10.2. The van der Waals surface area contributed by atoms with Gasteiger partial charge in [-0.05, 0) is 38.1 Å². The van der Waals surface area contributed by atoms with Gasteiger partial charge in [-0.3, -0.25) is 4.79 Å². The Morgan fingerprint density at radius 2 is 2.14 bits per heavy atom. The van der Waals surface area contributed by atoms with Gasteiger partial charge in [0.15, 0.2) is 0 Å². The molecule has 1 amide bonds. The molecular weight excluding hydrogens is 288 g/mol. The molecule has 2 aromatic rings. The molecule has 1 aromatic carbocycles. The van der Waals surface area contributed by atoms with Crippen LogP contribution in [0.25, 0.3) is 0 Å². The van der Waals surface area contributed by atoms with Gasteiger partial charge in [-0.1, -0.05) is 11.6 Å². The van der Waals surface area contributed by atoms with Gasteiger partial charge in [0.1, 0.15) is 11.8 Å². The summed E-state index contributed by atoms with van der Waals surface area (Å²) in [5.41, 5.74) is 7.65. The molecule has 0 radical (unpaired) electrons. The van der Waals surface area contributed by atoms with Crippen molar-refractivity contribution in [2.24, 2.45) is 0 Å². The molecule has 0 bridgehead atoms. The summed E-state index contributed by atoms with van der Waals surface area (Å²) >= 11 is 5.95. The maximum Gasteiger partial charge on any atom is 0.272 e. The number of anilines is 2. The summed E-state index contributed by atoms with van der Waals surface area (Å²) in [6.07, 6.45) is 1.73. The van der Waals surface area contributed by atoms with E-state index in [9.17, 15) is 4.79 Å². The Morgan fingerprint density at radius 3 is 2.71 bits per heavy atom. The Hall–Kier alpha value is -2.45. The number of nitrogen functional groups attached to an aromatic ring is 1. The van der Waals surface area contributed by atoms with Crippen molar-refractivity contribution >= 4 is 28.9 Å². The van der Waals surface area contributed by atoms with Crippen molar-refractivity contribution in [1.82, 2.24) is 4.57 Å². The number of carbonyl (C=O) groups is 1. The normalized spacial score (nSPS) is 10.4. The van der Waals surface area contributed by atoms with Gasteiger partial charge in [0.2, 0.25) is 0 Å². The van der Waals surface area contributed by atoms with Crippen LogP contribution in [0.1, 0.15) is 35.9 Å². The highest BCUT2D eigenvalue weighted by Gasteiger charge is 2.15. The van der Waals surface area contributed by atoms with Crippen LogP contribution >= 0.6 is 11.6 Å². The zero-order chi connectivity index (χ0) is 15.6. The Kier molecular flexibility index (Phi) is 4.20. The van der Waals surface area contributed by atoms with Crippen LogP contribution in [0, 0.1) is 11.3 Å². The van der Waals surface area contributed by atoms with Gasteiger partial charge < -0.3 is 15.6 Å². The Bertz CT molecular complexity index is 728. The van der Waals surface area contributed by atoms with E-state index in [1.807, 2.05) is 19.9 Å². The van der Waals surface area contributed by atoms with E-state index in [-0.39, 0.29) is 11.9 Å². The maximum atomic E-state index is 12.3.